The van der Waals surface area contributed by atoms with Crippen molar-refractivity contribution < 1.29 is 9.53 Å². The first kappa shape index (κ1) is 21.3. The number of ether oxygens (including phenoxy) is 1. The van der Waals surface area contributed by atoms with E-state index >= 15 is 0 Å². The number of hydrogen-bond donors (Lipinski definition) is 0. The largest absolute Gasteiger partial charge is 0.493 e. The van der Waals surface area contributed by atoms with Crippen molar-refractivity contribution in [2.45, 2.75) is 26.3 Å². The molecule has 0 N–H and O–H groups in total. The van der Waals surface area contributed by atoms with Gasteiger partial charge in [0.15, 0.2) is 0 Å². The Morgan fingerprint density at radius 3 is 2.50 bits per heavy atom. The van der Waals surface area contributed by atoms with Crippen LogP contribution in [0.3, 0.4) is 0 Å². The number of benzene rings is 2. The number of likely N-dealkylation sites (tertiary alicyclic amines) is 1. The summed E-state index contributed by atoms with van der Waals surface area (Å²) in [6, 6.07) is 16.4. The van der Waals surface area contributed by atoms with E-state index in [1.807, 2.05) is 47.9 Å². The smallest absolute Gasteiger partial charge is 0.253 e. The Balaban J connectivity index is 1.26. The van der Waals surface area contributed by atoms with E-state index < -0.39 is 0 Å². The molecule has 2 aromatic rings. The highest BCUT2D eigenvalue weighted by Gasteiger charge is 2.25. The maximum atomic E-state index is 12.8. The van der Waals surface area contributed by atoms with Crippen LogP contribution in [0, 0.1) is 12.8 Å². The zero-order valence-corrected chi connectivity index (χ0v) is 18.7. The summed E-state index contributed by atoms with van der Waals surface area (Å²) in [4.78, 5) is 17.3. The highest BCUT2D eigenvalue weighted by atomic mass is 32.2. The number of thioether (sulfide) groups is 1. The van der Waals surface area contributed by atoms with Gasteiger partial charge in [-0.1, -0.05) is 29.8 Å². The van der Waals surface area contributed by atoms with Gasteiger partial charge in [-0.25, -0.2) is 0 Å². The lowest BCUT2D eigenvalue weighted by Gasteiger charge is -2.32. The van der Waals surface area contributed by atoms with Crippen molar-refractivity contribution in [2.75, 3.05) is 44.3 Å². The van der Waals surface area contributed by atoms with Gasteiger partial charge in [0.25, 0.3) is 5.91 Å². The van der Waals surface area contributed by atoms with Crippen molar-refractivity contribution in [3.8, 4) is 5.75 Å². The zero-order chi connectivity index (χ0) is 20.8. The van der Waals surface area contributed by atoms with E-state index in [2.05, 4.69) is 29.2 Å². The molecule has 2 heterocycles. The Morgan fingerprint density at radius 1 is 1.03 bits per heavy atom. The molecule has 0 bridgehead atoms. The summed E-state index contributed by atoms with van der Waals surface area (Å²) in [6.45, 7) is 7.72. The molecule has 0 radical (unpaired) electrons. The molecule has 2 saturated heterocycles. The van der Waals surface area contributed by atoms with Gasteiger partial charge in [-0.15, -0.1) is 0 Å². The van der Waals surface area contributed by atoms with E-state index in [9.17, 15) is 4.79 Å². The number of nitrogens with zero attached hydrogens (tertiary/aromatic N) is 2. The van der Waals surface area contributed by atoms with Crippen LogP contribution in [0.2, 0.25) is 0 Å². The molecule has 5 heteroatoms. The number of carbonyl (C=O) groups is 1. The van der Waals surface area contributed by atoms with Crippen LogP contribution in [0.1, 0.15) is 34.3 Å². The highest BCUT2D eigenvalue weighted by molar-refractivity contribution is 7.99. The van der Waals surface area contributed by atoms with Crippen molar-refractivity contribution in [1.82, 2.24) is 9.80 Å². The molecule has 2 aliphatic rings. The van der Waals surface area contributed by atoms with Gasteiger partial charge in [0.2, 0.25) is 0 Å². The number of carbonyl (C=O) groups excluding carboxylic acids is 1. The van der Waals surface area contributed by atoms with Crippen molar-refractivity contribution in [1.29, 1.82) is 0 Å². The van der Waals surface area contributed by atoms with Crippen molar-refractivity contribution in [3.63, 3.8) is 0 Å². The summed E-state index contributed by atoms with van der Waals surface area (Å²) in [6.07, 6.45) is 2.15. The molecule has 2 fully saturated rings. The van der Waals surface area contributed by atoms with E-state index in [0.29, 0.717) is 12.5 Å². The third kappa shape index (κ3) is 5.79. The Bertz CT molecular complexity index is 816. The lowest BCUT2D eigenvalue weighted by molar-refractivity contribution is 0.0633. The van der Waals surface area contributed by atoms with Gasteiger partial charge in [0.1, 0.15) is 5.75 Å². The predicted molar refractivity (Wildman–Crippen MR) is 124 cm³/mol. The minimum atomic E-state index is 0.139. The normalized spacial score (nSPS) is 20.2. The highest BCUT2D eigenvalue weighted by Crippen LogP contribution is 2.22. The molecule has 0 spiro atoms. The van der Waals surface area contributed by atoms with Crippen LogP contribution in [0.5, 0.6) is 5.75 Å². The predicted octanol–water partition coefficient (Wildman–Crippen LogP) is 4.48. The van der Waals surface area contributed by atoms with Crippen LogP contribution in [-0.2, 0) is 6.54 Å². The molecular weight excluding hydrogens is 392 g/mol. The van der Waals surface area contributed by atoms with Crippen LogP contribution < -0.4 is 4.74 Å². The zero-order valence-electron chi connectivity index (χ0n) is 17.9. The third-order valence-corrected chi connectivity index (χ3v) is 6.97. The first-order valence-electron chi connectivity index (χ1n) is 11.1. The van der Waals surface area contributed by atoms with Gasteiger partial charge < -0.3 is 9.64 Å². The van der Waals surface area contributed by atoms with E-state index in [0.717, 1.165) is 43.8 Å². The summed E-state index contributed by atoms with van der Waals surface area (Å²) in [5.41, 5.74) is 3.31. The summed E-state index contributed by atoms with van der Waals surface area (Å²) in [5.74, 6) is 3.94. The molecule has 2 aliphatic heterocycles. The molecule has 1 amide bonds. The molecule has 1 unspecified atom stereocenters. The molecule has 0 aromatic heterocycles. The van der Waals surface area contributed by atoms with Gasteiger partial charge in [0.05, 0.1) is 6.61 Å². The van der Waals surface area contributed by atoms with E-state index in [-0.39, 0.29) is 5.91 Å². The molecule has 30 heavy (non-hydrogen) atoms. The van der Waals surface area contributed by atoms with Crippen LogP contribution in [0.4, 0.5) is 0 Å². The lowest BCUT2D eigenvalue weighted by Crippen LogP contribution is -2.41. The fourth-order valence-electron chi connectivity index (χ4n) is 4.19. The quantitative estimate of drug-likeness (QED) is 0.685. The molecule has 160 valence electrons. The third-order valence-electron chi connectivity index (χ3n) is 6.02. The molecule has 4 nitrogen and oxygen atoms in total. The lowest BCUT2D eigenvalue weighted by atomic mass is 9.98. The van der Waals surface area contributed by atoms with Crippen LogP contribution in [0.15, 0.2) is 48.5 Å². The van der Waals surface area contributed by atoms with Crippen molar-refractivity contribution in [3.05, 3.63) is 65.2 Å². The Hall–Kier alpha value is -1.98. The van der Waals surface area contributed by atoms with E-state index in [4.69, 9.17) is 4.74 Å². The second-order valence-corrected chi connectivity index (χ2v) is 9.69. The van der Waals surface area contributed by atoms with Gasteiger partial charge in [-0.3, -0.25) is 9.69 Å². The molecule has 2 aromatic carbocycles. The second kappa shape index (κ2) is 10.4. The van der Waals surface area contributed by atoms with Gasteiger partial charge in [-0.05, 0) is 49.6 Å². The van der Waals surface area contributed by atoms with Crippen molar-refractivity contribution in [2.24, 2.45) is 5.92 Å². The molecule has 0 saturated carbocycles. The minimum absolute atomic E-state index is 0.139. The minimum Gasteiger partial charge on any atom is -0.493 e. The molecular formula is C25H32N2O2S. The summed E-state index contributed by atoms with van der Waals surface area (Å²) < 4.78 is 6.09. The summed E-state index contributed by atoms with van der Waals surface area (Å²) >= 11 is 2.05. The Morgan fingerprint density at radius 2 is 1.77 bits per heavy atom. The number of piperidine rings is 1. The molecule has 0 aliphatic carbocycles. The van der Waals surface area contributed by atoms with E-state index in [1.54, 1.807) is 0 Å². The fraction of sp³-hybridized carbons (Fsp3) is 0.480. The van der Waals surface area contributed by atoms with Gasteiger partial charge in [-0.2, -0.15) is 11.8 Å². The first-order valence-corrected chi connectivity index (χ1v) is 12.2. The second-order valence-electron chi connectivity index (χ2n) is 8.47. The SMILES string of the molecule is Cc1ccc(C(=O)N2CCCC(COc3ccc(CN4CCSCC4)cc3)C2)cc1. The first-order chi connectivity index (χ1) is 14.7. The summed E-state index contributed by atoms with van der Waals surface area (Å²) in [7, 11) is 0. The molecule has 1 atom stereocenters. The van der Waals surface area contributed by atoms with E-state index in [1.165, 1.54) is 35.7 Å². The van der Waals surface area contributed by atoms with Crippen LogP contribution in [-0.4, -0.2) is 60.0 Å². The standard InChI is InChI=1S/C25H32N2O2S/c1-20-4-8-23(9-5-20)25(28)27-12-2-3-22(18-27)19-29-24-10-6-21(7-11-24)17-26-13-15-30-16-14-26/h4-11,22H,2-3,12-19H2,1H3. The van der Waals surface area contributed by atoms with Gasteiger partial charge >= 0.3 is 0 Å². The number of hydrogen-bond acceptors (Lipinski definition) is 4. The fourth-order valence-corrected chi connectivity index (χ4v) is 5.17. The van der Waals surface area contributed by atoms with Crippen LogP contribution in [0.25, 0.3) is 0 Å². The topological polar surface area (TPSA) is 32.8 Å². The Kier molecular flexibility index (Phi) is 7.34. The van der Waals surface area contributed by atoms with Crippen LogP contribution >= 0.6 is 11.8 Å². The number of aryl methyl sites for hydroxylation is 1. The Labute approximate surface area is 184 Å². The number of rotatable bonds is 6. The monoisotopic (exact) mass is 424 g/mol. The molecule has 4 rings (SSSR count). The number of amides is 1. The maximum absolute atomic E-state index is 12.8. The van der Waals surface area contributed by atoms with Crippen molar-refractivity contribution >= 4 is 17.7 Å². The average Bonchev–Trinajstić information content (AvgIpc) is 2.79. The average molecular weight is 425 g/mol. The summed E-state index contributed by atoms with van der Waals surface area (Å²) in [5, 5.41) is 0. The maximum Gasteiger partial charge on any atom is 0.253 e. The van der Waals surface area contributed by atoms with Gasteiger partial charge in [0, 0.05) is 55.7 Å².